The van der Waals surface area contributed by atoms with Crippen LogP contribution in [0.3, 0.4) is 0 Å². The second kappa shape index (κ2) is 7.62. The minimum absolute atomic E-state index is 0.0133. The molecule has 0 aliphatic heterocycles. The van der Waals surface area contributed by atoms with Gasteiger partial charge in [-0.3, -0.25) is 4.79 Å². The van der Waals surface area contributed by atoms with Gasteiger partial charge in [0.15, 0.2) is 5.82 Å². The number of fused-ring (bicyclic) bond motifs is 3. The van der Waals surface area contributed by atoms with Crippen LogP contribution < -0.4 is 11.1 Å². The molecule has 1 amide bonds. The van der Waals surface area contributed by atoms with Crippen LogP contribution in [0.5, 0.6) is 0 Å². The number of carbonyl (C=O) groups is 1. The van der Waals surface area contributed by atoms with E-state index >= 15 is 0 Å². The van der Waals surface area contributed by atoms with Gasteiger partial charge in [0.2, 0.25) is 5.91 Å². The summed E-state index contributed by atoms with van der Waals surface area (Å²) < 4.78 is 2.23. The van der Waals surface area contributed by atoms with E-state index in [0.717, 1.165) is 48.1 Å². The number of anilines is 1. The predicted molar refractivity (Wildman–Crippen MR) is 111 cm³/mol. The predicted octanol–water partition coefficient (Wildman–Crippen LogP) is 3.33. The third-order valence-electron chi connectivity index (χ3n) is 5.60. The Kier molecular flexibility index (Phi) is 5.03. The minimum atomic E-state index is -0.0133. The van der Waals surface area contributed by atoms with Crippen LogP contribution >= 0.6 is 0 Å². The molecule has 1 unspecified atom stereocenters. The molecule has 146 valence electrons. The highest BCUT2D eigenvalue weighted by molar-refractivity contribution is 5.88. The summed E-state index contributed by atoms with van der Waals surface area (Å²) in [5, 5.41) is 2.92. The molecule has 3 aromatic rings. The van der Waals surface area contributed by atoms with Crippen molar-refractivity contribution in [2.24, 2.45) is 0 Å². The number of amides is 1. The molecule has 0 radical (unpaired) electrons. The van der Waals surface area contributed by atoms with Gasteiger partial charge in [-0.2, -0.15) is 0 Å². The van der Waals surface area contributed by atoms with Crippen LogP contribution in [0.1, 0.15) is 55.1 Å². The summed E-state index contributed by atoms with van der Waals surface area (Å²) in [6, 6.07) is 8.47. The number of hydrogen-bond acceptors (Lipinski definition) is 4. The number of benzene rings is 1. The number of nitrogen functional groups attached to an aromatic ring is 1. The van der Waals surface area contributed by atoms with Crippen molar-refractivity contribution in [3.63, 3.8) is 0 Å². The van der Waals surface area contributed by atoms with E-state index in [1.807, 2.05) is 13.3 Å². The number of rotatable bonds is 5. The lowest BCUT2D eigenvalue weighted by atomic mass is 9.95. The fraction of sp³-hybridized carbons (Fsp3) is 0.409. The fourth-order valence-electron chi connectivity index (χ4n) is 4.13. The molecule has 0 saturated carbocycles. The van der Waals surface area contributed by atoms with Crippen LogP contribution in [-0.2, 0) is 30.6 Å². The molecule has 0 bridgehead atoms. The third-order valence-corrected chi connectivity index (χ3v) is 5.60. The van der Waals surface area contributed by atoms with Gasteiger partial charge in [0.05, 0.1) is 17.9 Å². The van der Waals surface area contributed by atoms with Crippen LogP contribution in [0.2, 0.25) is 0 Å². The highest BCUT2D eigenvalue weighted by atomic mass is 16.1. The second-order valence-electron chi connectivity index (χ2n) is 7.68. The van der Waals surface area contributed by atoms with Crippen molar-refractivity contribution in [2.75, 3.05) is 5.73 Å². The minimum Gasteiger partial charge on any atom is -0.382 e. The van der Waals surface area contributed by atoms with E-state index in [1.165, 1.54) is 24.0 Å². The number of nitrogens with one attached hydrogen (secondary N) is 1. The molecule has 1 atom stereocenters. The molecule has 0 fully saturated rings. The Morgan fingerprint density at radius 3 is 2.75 bits per heavy atom. The molecular formula is C22H27N5O. The van der Waals surface area contributed by atoms with Crippen molar-refractivity contribution in [1.82, 2.24) is 19.9 Å². The van der Waals surface area contributed by atoms with Crippen molar-refractivity contribution in [2.45, 2.75) is 58.5 Å². The number of aryl methyl sites for hydroxylation is 4. The second-order valence-corrected chi connectivity index (χ2v) is 7.68. The molecule has 6 nitrogen and oxygen atoms in total. The van der Waals surface area contributed by atoms with E-state index in [-0.39, 0.29) is 11.9 Å². The summed E-state index contributed by atoms with van der Waals surface area (Å²) in [6.07, 6.45) is 7.26. The van der Waals surface area contributed by atoms with Crippen LogP contribution in [-0.4, -0.2) is 20.4 Å². The average molecular weight is 377 g/mol. The Morgan fingerprint density at radius 1 is 1.25 bits per heavy atom. The summed E-state index contributed by atoms with van der Waals surface area (Å²) in [7, 11) is 0. The van der Waals surface area contributed by atoms with Gasteiger partial charge in [-0.1, -0.05) is 24.3 Å². The molecular weight excluding hydrogens is 350 g/mol. The maximum atomic E-state index is 11.2. The first kappa shape index (κ1) is 18.5. The highest BCUT2D eigenvalue weighted by Crippen LogP contribution is 2.30. The van der Waals surface area contributed by atoms with Gasteiger partial charge in [0.1, 0.15) is 5.52 Å². The molecule has 4 rings (SSSR count). The maximum absolute atomic E-state index is 11.2. The first-order valence-corrected chi connectivity index (χ1v) is 10.0. The summed E-state index contributed by atoms with van der Waals surface area (Å²) in [5.41, 5.74) is 13.0. The zero-order chi connectivity index (χ0) is 19.7. The normalized spacial score (nSPS) is 14.6. The molecule has 28 heavy (non-hydrogen) atoms. The quantitative estimate of drug-likeness (QED) is 0.714. The monoisotopic (exact) mass is 377 g/mol. The smallest absolute Gasteiger partial charge is 0.217 e. The van der Waals surface area contributed by atoms with Gasteiger partial charge in [0.25, 0.3) is 0 Å². The number of nitrogens with two attached hydrogens (primary N) is 1. The molecule has 1 aromatic carbocycles. The van der Waals surface area contributed by atoms with Gasteiger partial charge in [-0.05, 0) is 55.7 Å². The Morgan fingerprint density at radius 2 is 2.00 bits per heavy atom. The van der Waals surface area contributed by atoms with E-state index in [1.54, 1.807) is 6.92 Å². The van der Waals surface area contributed by atoms with Crippen LogP contribution in [0.15, 0.2) is 30.6 Å². The van der Waals surface area contributed by atoms with E-state index in [9.17, 15) is 4.79 Å². The van der Waals surface area contributed by atoms with Crippen LogP contribution in [0.4, 0.5) is 5.82 Å². The lowest BCUT2D eigenvalue weighted by Gasteiger charge is -2.18. The standard InChI is InChI=1S/C22H27N5O/c1-14(25-15(2)28)17-9-7-16(8-10-17)11-12-27-13-24-20-21(27)18-5-3-4-6-19(18)26-22(20)23/h7-10,13-14H,3-6,11-12H2,1-2H3,(H2,23,26)(H,25,28). The molecule has 2 aromatic heterocycles. The van der Waals surface area contributed by atoms with Gasteiger partial charge in [-0.15, -0.1) is 0 Å². The molecule has 0 saturated heterocycles. The topological polar surface area (TPSA) is 85.8 Å². The van der Waals surface area contributed by atoms with E-state index < -0.39 is 0 Å². The van der Waals surface area contributed by atoms with Crippen molar-refractivity contribution in [3.8, 4) is 0 Å². The molecule has 2 heterocycles. The largest absolute Gasteiger partial charge is 0.382 e. The van der Waals surface area contributed by atoms with E-state index in [0.29, 0.717) is 5.82 Å². The lowest BCUT2D eigenvalue weighted by Crippen LogP contribution is -2.23. The molecule has 6 heteroatoms. The summed E-state index contributed by atoms with van der Waals surface area (Å²) >= 11 is 0. The summed E-state index contributed by atoms with van der Waals surface area (Å²) in [4.78, 5) is 20.4. The number of carbonyl (C=O) groups excluding carboxylic acids is 1. The summed E-state index contributed by atoms with van der Waals surface area (Å²) in [5.74, 6) is 0.534. The molecule has 3 N–H and O–H groups in total. The van der Waals surface area contributed by atoms with Crippen LogP contribution in [0.25, 0.3) is 11.0 Å². The van der Waals surface area contributed by atoms with E-state index in [4.69, 9.17) is 5.73 Å². The van der Waals surface area contributed by atoms with Gasteiger partial charge < -0.3 is 15.6 Å². The van der Waals surface area contributed by atoms with Crippen LogP contribution in [0, 0.1) is 0 Å². The molecule has 0 spiro atoms. The average Bonchev–Trinajstić information content (AvgIpc) is 3.11. The van der Waals surface area contributed by atoms with E-state index in [2.05, 4.69) is 44.1 Å². The third kappa shape index (κ3) is 3.59. The van der Waals surface area contributed by atoms with Gasteiger partial charge in [0, 0.05) is 19.2 Å². The van der Waals surface area contributed by atoms with Crippen molar-refractivity contribution >= 4 is 22.8 Å². The zero-order valence-corrected chi connectivity index (χ0v) is 16.5. The Hall–Kier alpha value is -2.89. The first-order valence-electron chi connectivity index (χ1n) is 10.0. The SMILES string of the molecule is CC(=O)NC(C)c1ccc(CCn2cnc3c(N)nc4c(c32)CCCC4)cc1. The van der Waals surface area contributed by atoms with Crippen molar-refractivity contribution < 1.29 is 4.79 Å². The molecule has 1 aliphatic carbocycles. The Balaban J connectivity index is 1.53. The molecule has 1 aliphatic rings. The maximum Gasteiger partial charge on any atom is 0.217 e. The van der Waals surface area contributed by atoms with Crippen molar-refractivity contribution in [3.05, 3.63) is 53.0 Å². The number of aromatic nitrogens is 3. The lowest BCUT2D eigenvalue weighted by molar-refractivity contribution is -0.119. The number of pyridine rings is 1. The first-order chi connectivity index (χ1) is 13.5. The fourth-order valence-corrected chi connectivity index (χ4v) is 4.13. The number of imidazole rings is 1. The highest BCUT2D eigenvalue weighted by Gasteiger charge is 2.19. The van der Waals surface area contributed by atoms with Gasteiger partial charge in [-0.25, -0.2) is 9.97 Å². The zero-order valence-electron chi connectivity index (χ0n) is 16.5. The Bertz CT molecular complexity index is 1010. The number of hydrogen-bond donors (Lipinski definition) is 2. The Labute approximate surface area is 165 Å². The number of nitrogens with zero attached hydrogens (tertiary/aromatic N) is 3. The summed E-state index contributed by atoms with van der Waals surface area (Å²) in [6.45, 7) is 4.39. The van der Waals surface area contributed by atoms with Crippen molar-refractivity contribution in [1.29, 1.82) is 0 Å². The van der Waals surface area contributed by atoms with Gasteiger partial charge >= 0.3 is 0 Å².